The fourth-order valence-electron chi connectivity index (χ4n) is 2.70. The van der Waals surface area contributed by atoms with E-state index in [4.69, 9.17) is 13.9 Å². The standard InChI is InChI=1S/C19H18N2O6/c1-3-25-18(23)15-11(2)20-19(24)21-16(15)12-6-8-13(9-7-12)27-17(22)14-5-4-10-26-14/h4-10,16H,3H2,1-2H3,(H2,20,21,24). The van der Waals surface area contributed by atoms with Crippen molar-refractivity contribution in [2.24, 2.45) is 0 Å². The van der Waals surface area contributed by atoms with Gasteiger partial charge in [-0.1, -0.05) is 12.1 Å². The monoisotopic (exact) mass is 370 g/mol. The molecule has 1 aromatic carbocycles. The molecule has 0 radical (unpaired) electrons. The van der Waals surface area contributed by atoms with E-state index in [1.54, 1.807) is 44.2 Å². The van der Waals surface area contributed by atoms with Gasteiger partial charge in [0.25, 0.3) is 0 Å². The second-order valence-corrected chi connectivity index (χ2v) is 5.73. The van der Waals surface area contributed by atoms with Gasteiger partial charge in [-0.15, -0.1) is 0 Å². The summed E-state index contributed by atoms with van der Waals surface area (Å²) in [6.07, 6.45) is 1.38. The molecule has 140 valence electrons. The molecule has 0 aliphatic carbocycles. The third-order valence-corrected chi connectivity index (χ3v) is 3.91. The third kappa shape index (κ3) is 4.00. The SMILES string of the molecule is CCOC(=O)C1=C(C)NC(=O)NC1c1ccc(OC(=O)c2ccco2)cc1. The van der Waals surface area contributed by atoms with Gasteiger partial charge in [-0.25, -0.2) is 14.4 Å². The van der Waals surface area contributed by atoms with Crippen LogP contribution >= 0.6 is 0 Å². The molecule has 1 aliphatic rings. The Morgan fingerprint density at radius 1 is 1.15 bits per heavy atom. The Hall–Kier alpha value is -3.55. The number of carbonyl (C=O) groups is 3. The lowest BCUT2D eigenvalue weighted by molar-refractivity contribution is -0.139. The number of urea groups is 1. The van der Waals surface area contributed by atoms with Crippen LogP contribution in [0.1, 0.15) is 36.0 Å². The number of hydrogen-bond donors (Lipinski definition) is 2. The number of carbonyl (C=O) groups excluding carboxylic acids is 3. The summed E-state index contributed by atoms with van der Waals surface area (Å²) in [4.78, 5) is 36.0. The Bertz CT molecular complexity index is 883. The van der Waals surface area contributed by atoms with E-state index < -0.39 is 24.0 Å². The third-order valence-electron chi connectivity index (χ3n) is 3.91. The normalized spacial score (nSPS) is 16.4. The first-order valence-electron chi connectivity index (χ1n) is 8.30. The minimum atomic E-state index is -0.673. The molecule has 8 heteroatoms. The number of furan rings is 1. The number of allylic oxidation sites excluding steroid dienone is 1. The lowest BCUT2D eigenvalue weighted by Gasteiger charge is -2.28. The maximum absolute atomic E-state index is 12.3. The molecule has 3 rings (SSSR count). The van der Waals surface area contributed by atoms with Crippen LogP contribution in [-0.2, 0) is 9.53 Å². The van der Waals surface area contributed by atoms with Gasteiger partial charge in [-0.05, 0) is 43.7 Å². The lowest BCUT2D eigenvalue weighted by Crippen LogP contribution is -2.45. The van der Waals surface area contributed by atoms with Crippen molar-refractivity contribution in [3.8, 4) is 5.75 Å². The molecule has 0 fully saturated rings. The van der Waals surface area contributed by atoms with Crippen LogP contribution in [0.3, 0.4) is 0 Å². The summed E-state index contributed by atoms with van der Waals surface area (Å²) in [6.45, 7) is 3.56. The van der Waals surface area contributed by atoms with Crippen LogP contribution in [0.25, 0.3) is 0 Å². The van der Waals surface area contributed by atoms with Crippen LogP contribution in [0, 0.1) is 0 Å². The number of ether oxygens (including phenoxy) is 2. The Balaban J connectivity index is 1.82. The van der Waals surface area contributed by atoms with Gasteiger partial charge in [0, 0.05) is 5.70 Å². The molecule has 0 spiro atoms. The molecule has 2 heterocycles. The van der Waals surface area contributed by atoms with Gasteiger partial charge in [-0.2, -0.15) is 0 Å². The van der Waals surface area contributed by atoms with E-state index >= 15 is 0 Å². The molecule has 2 aromatic rings. The summed E-state index contributed by atoms with van der Waals surface area (Å²) >= 11 is 0. The number of esters is 2. The average molecular weight is 370 g/mol. The summed E-state index contributed by atoms with van der Waals surface area (Å²) in [5.41, 5.74) is 1.39. The smallest absolute Gasteiger partial charge is 0.379 e. The zero-order valence-electron chi connectivity index (χ0n) is 14.8. The van der Waals surface area contributed by atoms with Gasteiger partial charge < -0.3 is 24.5 Å². The van der Waals surface area contributed by atoms with E-state index in [0.717, 1.165) is 0 Å². The van der Waals surface area contributed by atoms with Gasteiger partial charge in [0.15, 0.2) is 0 Å². The van der Waals surface area contributed by atoms with E-state index in [1.807, 2.05) is 0 Å². The summed E-state index contributed by atoms with van der Waals surface area (Å²) < 4.78 is 15.3. The summed E-state index contributed by atoms with van der Waals surface area (Å²) in [5.74, 6) is -0.738. The molecule has 27 heavy (non-hydrogen) atoms. The maximum Gasteiger partial charge on any atom is 0.379 e. The van der Waals surface area contributed by atoms with Gasteiger partial charge in [0.2, 0.25) is 5.76 Å². The Labute approximate surface area is 155 Å². The first-order chi connectivity index (χ1) is 13.0. The van der Waals surface area contributed by atoms with Gasteiger partial charge in [0.1, 0.15) is 5.75 Å². The van der Waals surface area contributed by atoms with E-state index in [9.17, 15) is 14.4 Å². The fourth-order valence-corrected chi connectivity index (χ4v) is 2.70. The van der Waals surface area contributed by atoms with Crippen LogP contribution in [-0.4, -0.2) is 24.6 Å². The predicted octanol–water partition coefficient (Wildman–Crippen LogP) is 2.69. The molecule has 1 aliphatic heterocycles. The second kappa shape index (κ2) is 7.77. The molecule has 1 aromatic heterocycles. The summed E-state index contributed by atoms with van der Waals surface area (Å²) in [7, 11) is 0. The van der Waals surface area contributed by atoms with Crippen molar-refractivity contribution in [1.29, 1.82) is 0 Å². The van der Waals surface area contributed by atoms with Crippen LogP contribution in [0.4, 0.5) is 4.79 Å². The van der Waals surface area contributed by atoms with Crippen molar-refractivity contribution < 1.29 is 28.3 Å². The molecular weight excluding hydrogens is 352 g/mol. The minimum absolute atomic E-state index is 0.0906. The number of amides is 2. The van der Waals surface area contributed by atoms with Crippen molar-refractivity contribution >= 4 is 18.0 Å². The predicted molar refractivity (Wildman–Crippen MR) is 93.8 cm³/mol. The van der Waals surface area contributed by atoms with Crippen LogP contribution in [0.5, 0.6) is 5.75 Å². The van der Waals surface area contributed by atoms with Crippen LogP contribution in [0.2, 0.25) is 0 Å². The molecule has 2 amide bonds. The van der Waals surface area contributed by atoms with Crippen molar-refractivity contribution in [2.75, 3.05) is 6.61 Å². The second-order valence-electron chi connectivity index (χ2n) is 5.73. The first-order valence-corrected chi connectivity index (χ1v) is 8.30. The van der Waals surface area contributed by atoms with Crippen molar-refractivity contribution in [3.63, 3.8) is 0 Å². The number of benzene rings is 1. The Morgan fingerprint density at radius 2 is 1.89 bits per heavy atom. The topological polar surface area (TPSA) is 107 Å². The van der Waals surface area contributed by atoms with Gasteiger partial charge in [-0.3, -0.25) is 0 Å². The molecule has 1 atom stereocenters. The zero-order valence-corrected chi connectivity index (χ0v) is 14.8. The lowest BCUT2D eigenvalue weighted by atomic mass is 9.95. The molecule has 0 saturated carbocycles. The average Bonchev–Trinajstić information content (AvgIpc) is 3.16. The van der Waals surface area contributed by atoms with Crippen LogP contribution in [0.15, 0.2) is 58.3 Å². The molecule has 0 bridgehead atoms. The van der Waals surface area contributed by atoms with Gasteiger partial charge >= 0.3 is 18.0 Å². The number of hydrogen-bond acceptors (Lipinski definition) is 6. The van der Waals surface area contributed by atoms with E-state index in [2.05, 4.69) is 10.6 Å². The number of rotatable bonds is 5. The van der Waals surface area contributed by atoms with Crippen molar-refractivity contribution in [3.05, 3.63) is 65.3 Å². The Morgan fingerprint density at radius 3 is 2.52 bits per heavy atom. The van der Waals surface area contributed by atoms with E-state index in [-0.39, 0.29) is 12.4 Å². The summed E-state index contributed by atoms with van der Waals surface area (Å²) in [5, 5.41) is 5.27. The largest absolute Gasteiger partial charge is 0.463 e. The number of nitrogens with one attached hydrogen (secondary N) is 2. The highest BCUT2D eigenvalue weighted by Crippen LogP contribution is 2.29. The quantitative estimate of drug-likeness (QED) is 0.619. The van der Waals surface area contributed by atoms with Crippen molar-refractivity contribution in [2.45, 2.75) is 19.9 Å². The van der Waals surface area contributed by atoms with Crippen LogP contribution < -0.4 is 15.4 Å². The Kier molecular flexibility index (Phi) is 5.25. The maximum atomic E-state index is 12.3. The molecule has 0 saturated heterocycles. The molecular formula is C19H18N2O6. The van der Waals surface area contributed by atoms with Crippen molar-refractivity contribution in [1.82, 2.24) is 10.6 Å². The molecule has 8 nitrogen and oxygen atoms in total. The first kappa shape index (κ1) is 18.2. The highest BCUT2D eigenvalue weighted by atomic mass is 16.5. The van der Waals surface area contributed by atoms with E-state index in [1.165, 1.54) is 12.3 Å². The highest BCUT2D eigenvalue weighted by Gasteiger charge is 2.32. The zero-order chi connectivity index (χ0) is 19.4. The van der Waals surface area contributed by atoms with E-state index in [0.29, 0.717) is 22.6 Å². The van der Waals surface area contributed by atoms with Gasteiger partial charge in [0.05, 0.1) is 24.5 Å². The minimum Gasteiger partial charge on any atom is -0.463 e. The summed E-state index contributed by atoms with van der Waals surface area (Å²) in [6, 6.07) is 8.46. The molecule has 2 N–H and O–H groups in total. The molecule has 1 unspecified atom stereocenters. The fraction of sp³-hybridized carbons (Fsp3) is 0.211. The highest BCUT2D eigenvalue weighted by molar-refractivity contribution is 5.95.